The average molecular weight is 354 g/mol. The van der Waals surface area contributed by atoms with Gasteiger partial charge in [-0.1, -0.05) is 11.3 Å². The summed E-state index contributed by atoms with van der Waals surface area (Å²) >= 11 is 6.11. The van der Waals surface area contributed by atoms with Crippen molar-refractivity contribution in [1.82, 2.24) is 34.6 Å². The summed E-state index contributed by atoms with van der Waals surface area (Å²) in [6, 6.07) is 5.31. The lowest BCUT2D eigenvalue weighted by atomic mass is 10.3. The molecule has 0 spiro atoms. The molecule has 4 rings (SSSR count). The lowest BCUT2D eigenvalue weighted by Crippen LogP contribution is -2.10. The monoisotopic (exact) mass is 353 g/mol. The molecule has 0 saturated carbocycles. The van der Waals surface area contributed by atoms with E-state index >= 15 is 0 Å². The zero-order chi connectivity index (χ0) is 16.0. The van der Waals surface area contributed by atoms with E-state index in [1.807, 2.05) is 0 Å². The van der Waals surface area contributed by atoms with Gasteiger partial charge < -0.3 is 0 Å². The van der Waals surface area contributed by atoms with Crippen LogP contribution in [-0.4, -0.2) is 34.6 Å². The third-order valence-corrected chi connectivity index (χ3v) is 4.10. The van der Waals surface area contributed by atoms with Crippen LogP contribution in [0.3, 0.4) is 0 Å². The molecule has 4 heterocycles. The van der Waals surface area contributed by atoms with Crippen molar-refractivity contribution < 1.29 is 8.78 Å². The second-order valence-electron chi connectivity index (χ2n) is 4.48. The largest absolute Gasteiger partial charge is 0.383 e. The summed E-state index contributed by atoms with van der Waals surface area (Å²) in [5, 5.41) is 12.0. The van der Waals surface area contributed by atoms with Crippen LogP contribution in [-0.2, 0) is 5.38 Å². The van der Waals surface area contributed by atoms with Crippen molar-refractivity contribution in [3.63, 3.8) is 0 Å². The van der Waals surface area contributed by atoms with E-state index in [0.29, 0.717) is 16.4 Å². The van der Waals surface area contributed by atoms with E-state index < -0.39 is 11.2 Å². The Balaban J connectivity index is 1.73. The lowest BCUT2D eigenvalue weighted by molar-refractivity contribution is 0.0821. The minimum absolute atomic E-state index is 0.228. The van der Waals surface area contributed by atoms with Crippen LogP contribution in [0.1, 0.15) is 5.82 Å². The second-order valence-corrected chi connectivity index (χ2v) is 5.91. The molecule has 0 N–H and O–H groups in total. The molecule has 0 aliphatic heterocycles. The van der Waals surface area contributed by atoms with E-state index in [2.05, 4.69) is 25.4 Å². The first-order chi connectivity index (χ1) is 11.0. The molecule has 0 fully saturated rings. The van der Waals surface area contributed by atoms with Gasteiger partial charge in [0.15, 0.2) is 5.82 Å². The summed E-state index contributed by atoms with van der Waals surface area (Å²) in [4.78, 5) is 4.50. The van der Waals surface area contributed by atoms with Gasteiger partial charge in [0, 0.05) is 24.2 Å². The van der Waals surface area contributed by atoms with Crippen LogP contribution < -0.4 is 0 Å². The van der Waals surface area contributed by atoms with E-state index in [-0.39, 0.29) is 4.96 Å². The van der Waals surface area contributed by atoms with Crippen LogP contribution in [0.2, 0.25) is 0 Å². The molecule has 0 radical (unpaired) electrons. The molecular weight excluding hydrogens is 348 g/mol. The van der Waals surface area contributed by atoms with Gasteiger partial charge in [-0.2, -0.15) is 23.5 Å². The standard InChI is InChI=1S/C12H6ClF2N7S/c13-12(14,15)10-18-19-11-22(10)20-9(23-11)7-2-3-8(16-6-7)21-5-1-4-17-21/h1-6H. The van der Waals surface area contributed by atoms with Crippen LogP contribution in [0.15, 0.2) is 36.8 Å². The van der Waals surface area contributed by atoms with Gasteiger partial charge in [-0.25, -0.2) is 9.67 Å². The number of hydrogen-bond donors (Lipinski definition) is 0. The van der Waals surface area contributed by atoms with Gasteiger partial charge >= 0.3 is 5.38 Å². The SMILES string of the molecule is FC(F)(Cl)c1nnc2sc(-c3ccc(-n4cccn4)nc3)nn12. The van der Waals surface area contributed by atoms with Crippen molar-refractivity contribution in [2.45, 2.75) is 5.38 Å². The maximum Gasteiger partial charge on any atom is 0.383 e. The summed E-state index contributed by atoms with van der Waals surface area (Å²) in [6.45, 7) is 0. The summed E-state index contributed by atoms with van der Waals surface area (Å²) < 4.78 is 29.0. The minimum atomic E-state index is -3.63. The Kier molecular flexibility index (Phi) is 3.10. The molecule has 0 bridgehead atoms. The molecule has 0 atom stereocenters. The van der Waals surface area contributed by atoms with Crippen molar-refractivity contribution in [2.24, 2.45) is 0 Å². The molecule has 0 aliphatic rings. The van der Waals surface area contributed by atoms with Crippen molar-refractivity contribution >= 4 is 27.9 Å². The highest BCUT2D eigenvalue weighted by Crippen LogP contribution is 2.33. The highest BCUT2D eigenvalue weighted by atomic mass is 35.5. The van der Waals surface area contributed by atoms with Gasteiger partial charge in [0.05, 0.1) is 0 Å². The van der Waals surface area contributed by atoms with Gasteiger partial charge in [0.2, 0.25) is 10.8 Å². The van der Waals surface area contributed by atoms with E-state index in [1.54, 1.807) is 41.5 Å². The van der Waals surface area contributed by atoms with Gasteiger partial charge in [-0.05, 0) is 29.8 Å². The average Bonchev–Trinajstić information content (AvgIpc) is 3.22. The van der Waals surface area contributed by atoms with Crippen LogP contribution in [0.4, 0.5) is 8.78 Å². The fourth-order valence-corrected chi connectivity index (χ4v) is 2.91. The molecule has 23 heavy (non-hydrogen) atoms. The molecule has 4 aromatic rings. The van der Waals surface area contributed by atoms with Crippen molar-refractivity contribution in [3.05, 3.63) is 42.6 Å². The number of halogens is 3. The zero-order valence-corrected chi connectivity index (χ0v) is 12.7. The Morgan fingerprint density at radius 2 is 2.09 bits per heavy atom. The first-order valence-corrected chi connectivity index (χ1v) is 7.48. The highest BCUT2D eigenvalue weighted by Gasteiger charge is 2.35. The van der Waals surface area contributed by atoms with Crippen LogP contribution in [0, 0.1) is 0 Å². The number of fused-ring (bicyclic) bond motifs is 1. The third-order valence-electron chi connectivity index (χ3n) is 2.98. The molecule has 0 aromatic carbocycles. The van der Waals surface area contributed by atoms with Crippen LogP contribution in [0.25, 0.3) is 21.3 Å². The fourth-order valence-electron chi connectivity index (χ4n) is 1.96. The van der Waals surface area contributed by atoms with Gasteiger partial charge in [0.1, 0.15) is 5.01 Å². The lowest BCUT2D eigenvalue weighted by Gasteiger charge is -2.02. The fraction of sp³-hybridized carbons (Fsp3) is 0.0833. The number of pyridine rings is 1. The maximum absolute atomic E-state index is 13.2. The van der Waals surface area contributed by atoms with Crippen LogP contribution in [0.5, 0.6) is 0 Å². The molecule has 0 amide bonds. The quantitative estimate of drug-likeness (QED) is 0.529. The molecule has 4 aromatic heterocycles. The predicted octanol–water partition coefficient (Wildman–Crippen LogP) is 2.72. The Bertz CT molecular complexity index is 956. The number of nitrogens with zero attached hydrogens (tertiary/aromatic N) is 7. The highest BCUT2D eigenvalue weighted by molar-refractivity contribution is 7.19. The van der Waals surface area contributed by atoms with Crippen molar-refractivity contribution in [1.29, 1.82) is 0 Å². The molecule has 0 saturated heterocycles. The Morgan fingerprint density at radius 3 is 2.74 bits per heavy atom. The Morgan fingerprint density at radius 1 is 1.22 bits per heavy atom. The molecule has 116 valence electrons. The first-order valence-electron chi connectivity index (χ1n) is 6.28. The Labute approximate surface area is 136 Å². The van der Waals surface area contributed by atoms with E-state index in [1.165, 1.54) is 0 Å². The number of aromatic nitrogens is 7. The van der Waals surface area contributed by atoms with E-state index in [9.17, 15) is 8.78 Å². The topological polar surface area (TPSA) is 73.8 Å². The zero-order valence-electron chi connectivity index (χ0n) is 11.1. The summed E-state index contributed by atoms with van der Waals surface area (Å²) in [5.74, 6) is -0.0764. The Hall–Kier alpha value is -2.46. The summed E-state index contributed by atoms with van der Waals surface area (Å²) in [6.07, 6.45) is 4.99. The summed E-state index contributed by atoms with van der Waals surface area (Å²) in [7, 11) is 0. The minimum Gasteiger partial charge on any atom is -0.236 e. The van der Waals surface area contributed by atoms with E-state index in [0.717, 1.165) is 15.9 Å². The molecular formula is C12H6ClF2N7S. The van der Waals surface area contributed by atoms with E-state index in [4.69, 9.17) is 11.6 Å². The van der Waals surface area contributed by atoms with Gasteiger partial charge in [-0.3, -0.25) is 0 Å². The molecule has 0 aliphatic carbocycles. The predicted molar refractivity (Wildman–Crippen MR) is 78.8 cm³/mol. The third kappa shape index (κ3) is 2.45. The van der Waals surface area contributed by atoms with Crippen molar-refractivity contribution in [3.8, 4) is 16.4 Å². The first kappa shape index (κ1) is 14.2. The van der Waals surface area contributed by atoms with Crippen molar-refractivity contribution in [2.75, 3.05) is 0 Å². The molecule has 0 unspecified atom stereocenters. The number of hydrogen-bond acceptors (Lipinski definition) is 6. The molecule has 7 nitrogen and oxygen atoms in total. The van der Waals surface area contributed by atoms with Gasteiger partial charge in [0.25, 0.3) is 0 Å². The maximum atomic E-state index is 13.2. The molecule has 11 heteroatoms. The number of rotatable bonds is 3. The second kappa shape index (κ2) is 5.03. The normalized spacial score (nSPS) is 12.1. The smallest absolute Gasteiger partial charge is 0.236 e. The van der Waals surface area contributed by atoms with Gasteiger partial charge in [-0.15, -0.1) is 10.2 Å². The summed E-state index contributed by atoms with van der Waals surface area (Å²) in [5.41, 5.74) is 0.667. The number of alkyl halides is 3. The van der Waals surface area contributed by atoms with Crippen LogP contribution >= 0.6 is 22.9 Å².